The summed E-state index contributed by atoms with van der Waals surface area (Å²) < 4.78 is 0. The maximum atomic E-state index is 12.5. The predicted octanol–water partition coefficient (Wildman–Crippen LogP) is 4.08. The minimum Gasteiger partial charge on any atom is -0.326 e. The number of nitrogens with zero attached hydrogens (tertiary/aromatic N) is 1. The molecule has 3 heteroatoms. The Bertz CT molecular complexity index is 644. The Hall–Kier alpha value is -2.60. The fraction of sp³-hybridized carbons (Fsp3) is 0.222. The lowest BCUT2D eigenvalue weighted by atomic mass is 9.93. The summed E-state index contributed by atoms with van der Waals surface area (Å²) in [5.41, 5.74) is 2.23. The maximum Gasteiger partial charge on any atom is 0.231 e. The second-order valence-corrected chi connectivity index (χ2v) is 4.93. The Labute approximate surface area is 125 Å². The molecule has 0 aliphatic carbocycles. The minimum absolute atomic E-state index is 0.0295. The molecule has 0 radical (unpaired) electrons. The van der Waals surface area contributed by atoms with E-state index in [1.807, 2.05) is 30.3 Å². The molecule has 0 aliphatic heterocycles. The van der Waals surface area contributed by atoms with Crippen LogP contribution in [0.4, 0.5) is 5.69 Å². The lowest BCUT2D eigenvalue weighted by Crippen LogP contribution is -2.21. The lowest BCUT2D eigenvalue weighted by molar-refractivity contribution is -0.117. The molecular weight excluding hydrogens is 260 g/mol. The number of amides is 1. The van der Waals surface area contributed by atoms with Gasteiger partial charge in [0.25, 0.3) is 0 Å². The van der Waals surface area contributed by atoms with Gasteiger partial charge in [0, 0.05) is 5.69 Å². The van der Waals surface area contributed by atoms with Gasteiger partial charge in [0.05, 0.1) is 17.6 Å². The highest BCUT2D eigenvalue weighted by atomic mass is 16.1. The third kappa shape index (κ3) is 3.93. The van der Waals surface area contributed by atoms with Gasteiger partial charge in [-0.1, -0.05) is 49.7 Å². The molecule has 0 spiro atoms. The summed E-state index contributed by atoms with van der Waals surface area (Å²) in [5, 5.41) is 11.8. The molecule has 2 aromatic rings. The summed E-state index contributed by atoms with van der Waals surface area (Å²) in [7, 11) is 0. The van der Waals surface area contributed by atoms with Crippen molar-refractivity contribution in [3.8, 4) is 6.07 Å². The smallest absolute Gasteiger partial charge is 0.231 e. The van der Waals surface area contributed by atoms with Gasteiger partial charge in [-0.15, -0.1) is 0 Å². The Kier molecular flexibility index (Phi) is 5.11. The zero-order valence-electron chi connectivity index (χ0n) is 12.0. The van der Waals surface area contributed by atoms with Crippen molar-refractivity contribution in [3.63, 3.8) is 0 Å². The monoisotopic (exact) mass is 278 g/mol. The fourth-order valence-corrected chi connectivity index (χ4v) is 2.32. The van der Waals surface area contributed by atoms with Crippen molar-refractivity contribution in [2.45, 2.75) is 25.7 Å². The number of nitriles is 1. The number of hydrogen-bond acceptors (Lipinski definition) is 2. The SMILES string of the molecule is CCC[C@@H](C(=O)Nc1cccc(C#N)c1)c1ccccc1. The van der Waals surface area contributed by atoms with Gasteiger partial charge < -0.3 is 5.32 Å². The minimum atomic E-state index is -0.165. The quantitative estimate of drug-likeness (QED) is 0.896. The van der Waals surface area contributed by atoms with E-state index in [1.165, 1.54) is 0 Å². The molecule has 2 aromatic carbocycles. The number of nitrogens with one attached hydrogen (secondary N) is 1. The summed E-state index contributed by atoms with van der Waals surface area (Å²) in [6, 6.07) is 18.8. The first kappa shape index (κ1) is 14.8. The summed E-state index contributed by atoms with van der Waals surface area (Å²) >= 11 is 0. The topological polar surface area (TPSA) is 52.9 Å². The van der Waals surface area contributed by atoms with Crippen LogP contribution in [0.25, 0.3) is 0 Å². The van der Waals surface area contributed by atoms with Gasteiger partial charge in [-0.05, 0) is 30.2 Å². The van der Waals surface area contributed by atoms with Gasteiger partial charge in [-0.25, -0.2) is 0 Å². The Morgan fingerprint density at radius 1 is 1.19 bits per heavy atom. The first-order chi connectivity index (χ1) is 10.2. The number of benzene rings is 2. The van der Waals surface area contributed by atoms with Gasteiger partial charge in [0.1, 0.15) is 0 Å². The van der Waals surface area contributed by atoms with Gasteiger partial charge >= 0.3 is 0 Å². The molecule has 0 saturated carbocycles. The molecule has 0 saturated heterocycles. The van der Waals surface area contributed by atoms with Crippen molar-refractivity contribution in [2.24, 2.45) is 0 Å². The highest BCUT2D eigenvalue weighted by molar-refractivity contribution is 5.95. The van der Waals surface area contributed by atoms with E-state index in [2.05, 4.69) is 18.3 Å². The van der Waals surface area contributed by atoms with Crippen LogP contribution >= 0.6 is 0 Å². The van der Waals surface area contributed by atoms with Crippen LogP contribution in [-0.4, -0.2) is 5.91 Å². The van der Waals surface area contributed by atoms with Gasteiger partial charge in [0.2, 0.25) is 5.91 Å². The fourth-order valence-electron chi connectivity index (χ4n) is 2.32. The molecule has 1 N–H and O–H groups in total. The summed E-state index contributed by atoms with van der Waals surface area (Å²) in [6.45, 7) is 2.07. The van der Waals surface area contributed by atoms with E-state index in [0.29, 0.717) is 11.3 Å². The average Bonchev–Trinajstić information content (AvgIpc) is 2.53. The van der Waals surface area contributed by atoms with Crippen LogP contribution in [0.2, 0.25) is 0 Å². The predicted molar refractivity (Wildman–Crippen MR) is 83.9 cm³/mol. The Balaban J connectivity index is 2.17. The zero-order valence-corrected chi connectivity index (χ0v) is 12.0. The molecule has 0 aliphatic rings. The van der Waals surface area contributed by atoms with Crippen molar-refractivity contribution in [1.82, 2.24) is 0 Å². The normalized spacial score (nSPS) is 11.4. The second-order valence-electron chi connectivity index (χ2n) is 4.93. The van der Waals surface area contributed by atoms with Gasteiger partial charge in [0.15, 0.2) is 0 Å². The first-order valence-corrected chi connectivity index (χ1v) is 7.10. The van der Waals surface area contributed by atoms with E-state index < -0.39 is 0 Å². The lowest BCUT2D eigenvalue weighted by Gasteiger charge is -2.16. The highest BCUT2D eigenvalue weighted by Gasteiger charge is 2.19. The van der Waals surface area contributed by atoms with Crippen LogP contribution in [0.15, 0.2) is 54.6 Å². The van der Waals surface area contributed by atoms with Gasteiger partial charge in [-0.3, -0.25) is 4.79 Å². The zero-order chi connectivity index (χ0) is 15.1. The van der Waals surface area contributed by atoms with Crippen molar-refractivity contribution in [1.29, 1.82) is 5.26 Å². The number of carbonyl (C=O) groups is 1. The van der Waals surface area contributed by atoms with Crippen molar-refractivity contribution < 1.29 is 4.79 Å². The maximum absolute atomic E-state index is 12.5. The number of carbonyl (C=O) groups excluding carboxylic acids is 1. The van der Waals surface area contributed by atoms with Crippen LogP contribution in [0, 0.1) is 11.3 Å². The third-order valence-electron chi connectivity index (χ3n) is 3.35. The molecule has 0 heterocycles. The molecule has 0 bridgehead atoms. The standard InChI is InChI=1S/C18H18N2O/c1-2-7-17(15-9-4-3-5-10-15)18(21)20-16-11-6-8-14(12-16)13-19/h3-6,8-12,17H,2,7H2,1H3,(H,20,21)/t17-/m1/s1. The van der Waals surface area contributed by atoms with Crippen LogP contribution in [-0.2, 0) is 4.79 Å². The number of anilines is 1. The van der Waals surface area contributed by atoms with Crippen molar-refractivity contribution in [3.05, 3.63) is 65.7 Å². The second kappa shape index (κ2) is 7.25. The Morgan fingerprint density at radius 2 is 1.95 bits per heavy atom. The largest absolute Gasteiger partial charge is 0.326 e. The van der Waals surface area contributed by atoms with E-state index in [9.17, 15) is 4.79 Å². The average molecular weight is 278 g/mol. The molecule has 0 fully saturated rings. The summed E-state index contributed by atoms with van der Waals surface area (Å²) in [6.07, 6.45) is 1.74. The molecule has 0 aromatic heterocycles. The summed E-state index contributed by atoms with van der Waals surface area (Å²) in [4.78, 5) is 12.5. The number of hydrogen-bond donors (Lipinski definition) is 1. The van der Waals surface area contributed by atoms with Crippen LogP contribution in [0.3, 0.4) is 0 Å². The van der Waals surface area contributed by atoms with E-state index >= 15 is 0 Å². The molecular formula is C18H18N2O. The molecule has 3 nitrogen and oxygen atoms in total. The highest BCUT2D eigenvalue weighted by Crippen LogP contribution is 2.23. The molecule has 1 atom stereocenters. The van der Waals surface area contributed by atoms with Crippen LogP contribution in [0.1, 0.15) is 36.8 Å². The molecule has 106 valence electrons. The van der Waals surface area contributed by atoms with E-state index in [4.69, 9.17) is 5.26 Å². The van der Waals surface area contributed by atoms with Crippen LogP contribution in [0.5, 0.6) is 0 Å². The molecule has 21 heavy (non-hydrogen) atoms. The third-order valence-corrected chi connectivity index (χ3v) is 3.35. The van der Waals surface area contributed by atoms with E-state index in [0.717, 1.165) is 18.4 Å². The van der Waals surface area contributed by atoms with Crippen molar-refractivity contribution >= 4 is 11.6 Å². The summed E-state index contributed by atoms with van der Waals surface area (Å²) in [5.74, 6) is -0.194. The van der Waals surface area contributed by atoms with E-state index in [-0.39, 0.29) is 11.8 Å². The first-order valence-electron chi connectivity index (χ1n) is 7.10. The van der Waals surface area contributed by atoms with Crippen LogP contribution < -0.4 is 5.32 Å². The molecule has 1 amide bonds. The van der Waals surface area contributed by atoms with Gasteiger partial charge in [-0.2, -0.15) is 5.26 Å². The van der Waals surface area contributed by atoms with E-state index in [1.54, 1.807) is 24.3 Å². The Morgan fingerprint density at radius 3 is 2.62 bits per heavy atom. The molecule has 0 unspecified atom stereocenters. The molecule has 2 rings (SSSR count). The number of rotatable bonds is 5. The van der Waals surface area contributed by atoms with Crippen molar-refractivity contribution in [2.75, 3.05) is 5.32 Å².